The highest BCUT2D eigenvalue weighted by Gasteiger charge is 2.42. The van der Waals surface area contributed by atoms with Gasteiger partial charge >= 0.3 is 11.4 Å². The number of nitro groups is 2. The summed E-state index contributed by atoms with van der Waals surface area (Å²) in [7, 11) is 0. The van der Waals surface area contributed by atoms with Crippen molar-refractivity contribution in [1.82, 2.24) is 8.75 Å². The monoisotopic (exact) mass is 362 g/mol. The highest BCUT2D eigenvalue weighted by molar-refractivity contribution is 7.00. The third-order valence-electron chi connectivity index (χ3n) is 5.63. The maximum atomic E-state index is 11.9. The van der Waals surface area contributed by atoms with E-state index in [2.05, 4.69) is 8.75 Å². The fraction of sp³-hybridized carbons (Fsp3) is 0.625. The predicted molar refractivity (Wildman–Crippen MR) is 93.1 cm³/mol. The Morgan fingerprint density at radius 2 is 1.12 bits per heavy atom. The van der Waals surface area contributed by atoms with E-state index in [9.17, 15) is 20.2 Å². The second-order valence-corrected chi connectivity index (χ2v) is 7.49. The molecule has 1 heterocycles. The van der Waals surface area contributed by atoms with Crippen LogP contribution in [0.1, 0.15) is 74.3 Å². The van der Waals surface area contributed by atoms with E-state index < -0.39 is 9.85 Å². The number of nitrogens with zero attached hydrogens (tertiary/aromatic N) is 4. The lowest BCUT2D eigenvalue weighted by molar-refractivity contribution is -0.423. The van der Waals surface area contributed by atoms with E-state index >= 15 is 0 Å². The molecule has 1 aromatic carbocycles. The molecule has 132 valence electrons. The molecule has 0 spiro atoms. The van der Waals surface area contributed by atoms with Gasteiger partial charge in [0.15, 0.2) is 0 Å². The van der Waals surface area contributed by atoms with Gasteiger partial charge < -0.3 is 0 Å². The fourth-order valence-corrected chi connectivity index (χ4v) is 5.17. The molecule has 2 aliphatic carbocycles. The average molecular weight is 362 g/mol. The highest BCUT2D eigenvalue weighted by Crippen LogP contribution is 2.51. The van der Waals surface area contributed by atoms with E-state index in [0.717, 1.165) is 63.1 Å². The molecule has 2 fully saturated rings. The minimum atomic E-state index is -0.566. The number of benzene rings is 1. The van der Waals surface area contributed by atoms with E-state index in [1.165, 1.54) is 0 Å². The van der Waals surface area contributed by atoms with Crippen molar-refractivity contribution in [3.05, 3.63) is 31.4 Å². The quantitative estimate of drug-likeness (QED) is 0.569. The van der Waals surface area contributed by atoms with Crippen LogP contribution in [0.5, 0.6) is 0 Å². The minimum absolute atomic E-state index is 0.0388. The molecule has 2 saturated carbocycles. The first-order valence-electron chi connectivity index (χ1n) is 8.70. The molecular formula is C16H18N4O4S. The Morgan fingerprint density at radius 3 is 1.44 bits per heavy atom. The van der Waals surface area contributed by atoms with Gasteiger partial charge in [0.1, 0.15) is 11.0 Å². The number of fused-ring (bicyclic) bond motifs is 1. The molecule has 9 heteroatoms. The highest BCUT2D eigenvalue weighted by atomic mass is 32.1. The van der Waals surface area contributed by atoms with Crippen molar-refractivity contribution in [1.29, 1.82) is 0 Å². The predicted octanol–water partition coefficient (Wildman–Crippen LogP) is 4.82. The lowest BCUT2D eigenvalue weighted by Gasteiger charge is -2.16. The molecule has 0 radical (unpaired) electrons. The average Bonchev–Trinajstić information content (AvgIpc) is 3.32. The summed E-state index contributed by atoms with van der Waals surface area (Å²) < 4.78 is 8.68. The normalized spacial score (nSPS) is 19.0. The number of hydrogen-bond donors (Lipinski definition) is 0. The van der Waals surface area contributed by atoms with Crippen LogP contribution in [0.3, 0.4) is 0 Å². The SMILES string of the molecule is O=[N+]([O-])c1c([N+](=O)[O-])c(C2CCCC2)c2nsnc2c1C1CCCC1. The zero-order chi connectivity index (χ0) is 17.6. The fourth-order valence-electron chi connectivity index (χ4n) is 4.59. The Morgan fingerprint density at radius 1 is 0.760 bits per heavy atom. The van der Waals surface area contributed by atoms with Gasteiger partial charge in [0.25, 0.3) is 0 Å². The van der Waals surface area contributed by atoms with Crippen molar-refractivity contribution in [2.75, 3.05) is 0 Å². The van der Waals surface area contributed by atoms with Crippen LogP contribution in [0.2, 0.25) is 0 Å². The summed E-state index contributed by atoms with van der Waals surface area (Å²) in [5.41, 5.74) is 1.27. The first-order valence-corrected chi connectivity index (χ1v) is 9.43. The number of rotatable bonds is 4. The van der Waals surface area contributed by atoms with E-state index in [1.807, 2.05) is 0 Å². The molecule has 4 rings (SSSR count). The molecule has 0 atom stereocenters. The lowest BCUT2D eigenvalue weighted by Crippen LogP contribution is -2.10. The number of hydrogen-bond acceptors (Lipinski definition) is 7. The summed E-state index contributed by atoms with van der Waals surface area (Å²) in [6.45, 7) is 0. The van der Waals surface area contributed by atoms with Crippen molar-refractivity contribution in [2.24, 2.45) is 0 Å². The van der Waals surface area contributed by atoms with Gasteiger partial charge in [-0.05, 0) is 37.5 Å². The molecule has 2 aromatic rings. The number of nitro benzene ring substituents is 2. The summed E-state index contributed by atoms with van der Waals surface area (Å²) in [6, 6.07) is 0. The van der Waals surface area contributed by atoms with Crippen LogP contribution in [-0.4, -0.2) is 18.6 Å². The molecule has 25 heavy (non-hydrogen) atoms. The molecule has 0 bridgehead atoms. The van der Waals surface area contributed by atoms with E-state index in [4.69, 9.17) is 0 Å². The molecule has 1 aromatic heterocycles. The third-order valence-corrected chi connectivity index (χ3v) is 6.15. The molecule has 0 aliphatic heterocycles. The summed E-state index contributed by atoms with van der Waals surface area (Å²) >= 11 is 0.994. The number of aromatic nitrogens is 2. The van der Waals surface area contributed by atoms with Gasteiger partial charge in [-0.3, -0.25) is 20.2 Å². The molecule has 0 unspecified atom stereocenters. The third kappa shape index (κ3) is 2.57. The maximum absolute atomic E-state index is 11.9. The maximum Gasteiger partial charge on any atom is 0.352 e. The van der Waals surface area contributed by atoms with Gasteiger partial charge in [-0.1, -0.05) is 25.7 Å². The zero-order valence-electron chi connectivity index (χ0n) is 13.6. The van der Waals surface area contributed by atoms with Gasteiger partial charge in [-0.15, -0.1) is 0 Å². The zero-order valence-corrected chi connectivity index (χ0v) is 14.5. The van der Waals surface area contributed by atoms with E-state index in [0.29, 0.717) is 22.2 Å². The van der Waals surface area contributed by atoms with Crippen molar-refractivity contribution >= 4 is 34.1 Å². The summed E-state index contributed by atoms with van der Waals surface area (Å²) in [6.07, 6.45) is 7.19. The lowest BCUT2D eigenvalue weighted by atomic mass is 9.87. The van der Waals surface area contributed by atoms with Gasteiger partial charge in [-0.2, -0.15) is 8.75 Å². The van der Waals surface area contributed by atoms with Gasteiger partial charge in [0.05, 0.1) is 32.7 Å². The van der Waals surface area contributed by atoms with Crippen molar-refractivity contribution < 1.29 is 9.85 Å². The largest absolute Gasteiger partial charge is 0.352 e. The minimum Gasteiger partial charge on any atom is -0.258 e. The van der Waals surface area contributed by atoms with Gasteiger partial charge in [-0.25, -0.2) is 0 Å². The molecule has 0 amide bonds. The van der Waals surface area contributed by atoms with Gasteiger partial charge in [0, 0.05) is 0 Å². The van der Waals surface area contributed by atoms with Crippen LogP contribution in [0.15, 0.2) is 0 Å². The first-order chi connectivity index (χ1) is 12.1. The Hall–Kier alpha value is -2.16. The Balaban J connectivity index is 2.09. The molecule has 0 saturated heterocycles. The van der Waals surface area contributed by atoms with Crippen LogP contribution < -0.4 is 0 Å². The Labute approximate surface area is 147 Å². The standard InChI is InChI=1S/C16H18N4O4S/c21-19(22)15-11(9-5-1-2-6-9)13-14(18-25-17-13)12(16(15)20(23)24)10-7-3-4-8-10/h9-10H,1-8H2. The molecule has 2 aliphatic rings. The van der Waals surface area contributed by atoms with Crippen molar-refractivity contribution in [3.63, 3.8) is 0 Å². The molecule has 8 nitrogen and oxygen atoms in total. The topological polar surface area (TPSA) is 112 Å². The Kier molecular flexibility index (Phi) is 4.10. The van der Waals surface area contributed by atoms with Crippen molar-refractivity contribution in [3.8, 4) is 0 Å². The van der Waals surface area contributed by atoms with Crippen LogP contribution in [0.25, 0.3) is 11.0 Å². The molecule has 0 N–H and O–H groups in total. The van der Waals surface area contributed by atoms with Crippen LogP contribution in [-0.2, 0) is 0 Å². The van der Waals surface area contributed by atoms with Crippen molar-refractivity contribution in [2.45, 2.75) is 63.2 Å². The Bertz CT molecular complexity index is 785. The summed E-state index contributed by atoms with van der Waals surface area (Å²) in [4.78, 5) is 22.7. The first kappa shape index (κ1) is 16.3. The van der Waals surface area contributed by atoms with E-state index in [-0.39, 0.29) is 23.2 Å². The second kappa shape index (κ2) is 6.29. The smallest absolute Gasteiger partial charge is 0.258 e. The summed E-state index contributed by atoms with van der Waals surface area (Å²) in [5, 5.41) is 23.8. The molecular weight excluding hydrogens is 344 g/mol. The summed E-state index contributed by atoms with van der Waals surface area (Å²) in [5.74, 6) is -0.0775. The van der Waals surface area contributed by atoms with Gasteiger partial charge in [0.2, 0.25) is 0 Å². The second-order valence-electron chi connectivity index (χ2n) is 6.96. The van der Waals surface area contributed by atoms with Crippen LogP contribution >= 0.6 is 11.7 Å². The van der Waals surface area contributed by atoms with Crippen LogP contribution in [0, 0.1) is 20.2 Å². The van der Waals surface area contributed by atoms with E-state index in [1.54, 1.807) is 0 Å². The van der Waals surface area contributed by atoms with Crippen LogP contribution in [0.4, 0.5) is 11.4 Å².